The topological polar surface area (TPSA) is 29.1 Å². The fourth-order valence-electron chi connectivity index (χ4n) is 4.06. The molecular formula is C30H28ClNOPS+. The van der Waals surface area contributed by atoms with E-state index in [9.17, 15) is 4.79 Å². The minimum absolute atomic E-state index is 0.141. The predicted molar refractivity (Wildman–Crippen MR) is 155 cm³/mol. The largest absolute Gasteiger partial charge is 0.292 e. The van der Waals surface area contributed by atoms with Gasteiger partial charge in [-0.15, -0.1) is 11.8 Å². The molecule has 4 rings (SSSR count). The van der Waals surface area contributed by atoms with Crippen LogP contribution >= 0.6 is 30.6 Å². The second-order valence-electron chi connectivity index (χ2n) is 8.01. The van der Waals surface area contributed by atoms with Crippen LogP contribution in [0.1, 0.15) is 23.7 Å². The van der Waals surface area contributed by atoms with Gasteiger partial charge < -0.3 is 0 Å². The van der Waals surface area contributed by atoms with E-state index in [1.807, 2.05) is 18.2 Å². The third-order valence-electron chi connectivity index (χ3n) is 5.66. The third kappa shape index (κ3) is 5.70. The summed E-state index contributed by atoms with van der Waals surface area (Å²) >= 11 is 7.82. The Bertz CT molecular complexity index is 1170. The van der Waals surface area contributed by atoms with Crippen LogP contribution in [0.15, 0.2) is 126 Å². The van der Waals surface area contributed by atoms with E-state index < -0.39 is 7.26 Å². The number of hydrogen-bond acceptors (Lipinski definition) is 2. The van der Waals surface area contributed by atoms with E-state index in [4.69, 9.17) is 11.6 Å². The maximum absolute atomic E-state index is 13.6. The molecule has 4 aromatic rings. The molecule has 0 aliphatic carbocycles. The normalized spacial score (nSPS) is 11.8. The van der Waals surface area contributed by atoms with E-state index >= 15 is 0 Å². The van der Waals surface area contributed by atoms with Gasteiger partial charge in [-0.2, -0.15) is 0 Å². The van der Waals surface area contributed by atoms with Crippen molar-refractivity contribution in [1.29, 1.82) is 0 Å². The molecule has 0 aliphatic heterocycles. The predicted octanol–water partition coefficient (Wildman–Crippen LogP) is 7.01. The van der Waals surface area contributed by atoms with Gasteiger partial charge in [0.2, 0.25) is 0 Å². The van der Waals surface area contributed by atoms with E-state index in [2.05, 4.69) is 90.4 Å². The quantitative estimate of drug-likeness (QED) is 0.191. The Morgan fingerprint density at radius 2 is 1.23 bits per heavy atom. The van der Waals surface area contributed by atoms with Crippen molar-refractivity contribution >= 4 is 52.4 Å². The SMILES string of the molecule is CCCS/C=C(/NC(=O)c1ccc(Cl)cc1)[P+](c1ccccc1)(c1ccccc1)c1ccccc1. The molecule has 176 valence electrons. The molecule has 0 unspecified atom stereocenters. The number of carbonyl (C=O) groups is 1. The van der Waals surface area contributed by atoms with Crippen molar-refractivity contribution in [3.05, 3.63) is 137 Å². The number of nitrogens with one attached hydrogen (secondary N) is 1. The highest BCUT2D eigenvalue weighted by Gasteiger charge is 2.50. The number of rotatable bonds is 9. The highest BCUT2D eigenvalue weighted by atomic mass is 35.5. The molecule has 1 N–H and O–H groups in total. The molecule has 0 aliphatic rings. The number of halogens is 1. The summed E-state index contributed by atoms with van der Waals surface area (Å²) in [5.74, 6) is 0.829. The van der Waals surface area contributed by atoms with Gasteiger partial charge >= 0.3 is 0 Å². The molecule has 0 spiro atoms. The zero-order valence-corrected chi connectivity index (χ0v) is 22.1. The average molecular weight is 517 g/mol. The Kier molecular flexibility index (Phi) is 8.82. The van der Waals surface area contributed by atoms with Gasteiger partial charge in [-0.25, -0.2) is 0 Å². The Balaban J connectivity index is 1.96. The van der Waals surface area contributed by atoms with Crippen LogP contribution in [-0.2, 0) is 0 Å². The summed E-state index contributed by atoms with van der Waals surface area (Å²) in [7, 11) is -2.41. The van der Waals surface area contributed by atoms with Crippen LogP contribution < -0.4 is 21.2 Å². The van der Waals surface area contributed by atoms with Crippen LogP contribution in [0.2, 0.25) is 5.02 Å². The smallest absolute Gasteiger partial charge is 0.258 e. The van der Waals surface area contributed by atoms with Gasteiger partial charge in [0.25, 0.3) is 5.91 Å². The van der Waals surface area contributed by atoms with E-state index in [1.165, 1.54) is 15.9 Å². The lowest BCUT2D eigenvalue weighted by Gasteiger charge is -2.29. The maximum atomic E-state index is 13.6. The van der Waals surface area contributed by atoms with Crippen LogP contribution in [0.25, 0.3) is 0 Å². The minimum Gasteiger partial charge on any atom is -0.292 e. The zero-order valence-electron chi connectivity index (χ0n) is 19.6. The molecule has 1 amide bonds. The van der Waals surface area contributed by atoms with Gasteiger partial charge in [0, 0.05) is 16.0 Å². The molecule has 2 nitrogen and oxygen atoms in total. The van der Waals surface area contributed by atoms with Crippen molar-refractivity contribution in [3.8, 4) is 0 Å². The van der Waals surface area contributed by atoms with Crippen LogP contribution in [0.4, 0.5) is 0 Å². The lowest BCUT2D eigenvalue weighted by Crippen LogP contribution is -2.38. The summed E-state index contributed by atoms with van der Waals surface area (Å²) in [4.78, 5) is 13.6. The Morgan fingerprint density at radius 3 is 1.66 bits per heavy atom. The second-order valence-corrected chi connectivity index (χ2v) is 12.8. The van der Waals surface area contributed by atoms with Crippen molar-refractivity contribution in [2.45, 2.75) is 13.3 Å². The fourth-order valence-corrected chi connectivity index (χ4v) is 9.47. The van der Waals surface area contributed by atoms with Gasteiger partial charge in [0.1, 0.15) is 15.9 Å². The minimum atomic E-state index is -2.41. The van der Waals surface area contributed by atoms with Gasteiger partial charge in [-0.05, 0) is 72.8 Å². The average Bonchev–Trinajstić information content (AvgIpc) is 2.91. The number of benzene rings is 4. The standard InChI is InChI=1S/C30H27ClNOPS/c1-2-22-35-23-29(32-30(33)24-18-20-25(31)21-19-24)34(26-12-6-3-7-13-26,27-14-8-4-9-15-27)28-16-10-5-11-17-28/h3-21,23H,2,22H2,1H3/p+1/b29-23-. The zero-order chi connectivity index (χ0) is 24.5. The molecule has 0 heterocycles. The molecule has 0 atom stereocenters. The maximum Gasteiger partial charge on any atom is 0.258 e. The first-order valence-electron chi connectivity index (χ1n) is 11.6. The van der Waals surface area contributed by atoms with Crippen LogP contribution in [0, 0.1) is 0 Å². The summed E-state index contributed by atoms with van der Waals surface area (Å²) in [6.07, 6.45) is 1.05. The van der Waals surface area contributed by atoms with Gasteiger partial charge in [-0.1, -0.05) is 73.1 Å². The van der Waals surface area contributed by atoms with Crippen molar-refractivity contribution in [2.75, 3.05) is 5.75 Å². The lowest BCUT2D eigenvalue weighted by molar-refractivity contribution is 0.0968. The Labute approximate surface area is 217 Å². The van der Waals surface area contributed by atoms with Gasteiger partial charge in [0.05, 0.1) is 0 Å². The number of thioether (sulfide) groups is 1. The van der Waals surface area contributed by atoms with Crippen molar-refractivity contribution in [1.82, 2.24) is 5.32 Å². The highest BCUT2D eigenvalue weighted by Crippen LogP contribution is 2.61. The first-order valence-corrected chi connectivity index (χ1v) is 14.8. The molecule has 0 bridgehead atoms. The molecule has 0 fully saturated rings. The Hall–Kier alpha value is -2.84. The van der Waals surface area contributed by atoms with Gasteiger partial charge in [0.15, 0.2) is 12.7 Å². The second kappa shape index (κ2) is 12.2. The van der Waals surface area contributed by atoms with Crippen LogP contribution in [-0.4, -0.2) is 11.7 Å². The number of amides is 1. The molecule has 0 saturated carbocycles. The first-order chi connectivity index (χ1) is 17.2. The molecule has 35 heavy (non-hydrogen) atoms. The summed E-state index contributed by atoms with van der Waals surface area (Å²) in [6, 6.07) is 38.7. The number of hydrogen-bond donors (Lipinski definition) is 1. The van der Waals surface area contributed by atoms with Crippen molar-refractivity contribution in [3.63, 3.8) is 0 Å². The summed E-state index contributed by atoms with van der Waals surface area (Å²) in [5, 5.41) is 9.70. The molecule has 0 radical (unpaired) electrons. The lowest BCUT2D eigenvalue weighted by atomic mass is 10.2. The summed E-state index contributed by atoms with van der Waals surface area (Å²) in [5.41, 5.74) is 1.51. The number of carbonyl (C=O) groups excluding carboxylic acids is 1. The molecule has 5 heteroatoms. The van der Waals surface area contributed by atoms with E-state index in [1.54, 1.807) is 36.0 Å². The first kappa shape index (κ1) is 25.3. The molecule has 0 saturated heterocycles. The summed E-state index contributed by atoms with van der Waals surface area (Å²) in [6.45, 7) is 2.17. The van der Waals surface area contributed by atoms with Gasteiger partial charge in [-0.3, -0.25) is 10.1 Å². The Morgan fingerprint density at radius 1 is 0.771 bits per heavy atom. The third-order valence-corrected chi connectivity index (χ3v) is 11.3. The molecule has 4 aromatic carbocycles. The highest BCUT2D eigenvalue weighted by molar-refractivity contribution is 8.04. The van der Waals surface area contributed by atoms with Crippen molar-refractivity contribution < 1.29 is 4.79 Å². The van der Waals surface area contributed by atoms with E-state index in [-0.39, 0.29) is 5.91 Å². The molecular weight excluding hydrogens is 489 g/mol. The van der Waals surface area contributed by atoms with Crippen LogP contribution in [0.3, 0.4) is 0 Å². The summed E-state index contributed by atoms with van der Waals surface area (Å²) < 4.78 is 0. The molecule has 0 aromatic heterocycles. The van der Waals surface area contributed by atoms with E-state index in [0.717, 1.165) is 17.6 Å². The fraction of sp³-hybridized carbons (Fsp3) is 0.100. The van der Waals surface area contributed by atoms with Crippen LogP contribution in [0.5, 0.6) is 0 Å². The van der Waals surface area contributed by atoms with Crippen molar-refractivity contribution in [2.24, 2.45) is 0 Å². The monoisotopic (exact) mass is 516 g/mol. The van der Waals surface area contributed by atoms with E-state index in [0.29, 0.717) is 10.6 Å².